The Kier molecular flexibility index (Phi) is 3.96. The molecular weight excluding hydrogens is 202 g/mol. The van der Waals surface area contributed by atoms with Crippen molar-refractivity contribution in [1.29, 1.82) is 0 Å². The van der Waals surface area contributed by atoms with Gasteiger partial charge in [0.2, 0.25) is 0 Å². The van der Waals surface area contributed by atoms with Crippen LogP contribution in [0.2, 0.25) is 0 Å². The number of hydrogen-bond acceptors (Lipinski definition) is 3. The summed E-state index contributed by atoms with van der Waals surface area (Å²) in [4.78, 5) is 0. The van der Waals surface area contributed by atoms with Crippen molar-refractivity contribution in [3.05, 3.63) is 18.0 Å². The zero-order valence-electron chi connectivity index (χ0n) is 10.1. The van der Waals surface area contributed by atoms with Gasteiger partial charge in [0.1, 0.15) is 0 Å². The van der Waals surface area contributed by atoms with E-state index in [1.54, 1.807) is 0 Å². The normalized spacial score (nSPS) is 25.9. The van der Waals surface area contributed by atoms with Crippen LogP contribution in [-0.4, -0.2) is 29.0 Å². The molecule has 0 radical (unpaired) electrons. The van der Waals surface area contributed by atoms with Crippen molar-refractivity contribution in [1.82, 2.24) is 15.1 Å². The predicted molar refractivity (Wildman–Crippen MR) is 63.1 cm³/mol. The Morgan fingerprint density at radius 2 is 2.19 bits per heavy atom. The van der Waals surface area contributed by atoms with Gasteiger partial charge >= 0.3 is 0 Å². The van der Waals surface area contributed by atoms with Crippen molar-refractivity contribution in [2.45, 2.75) is 44.4 Å². The minimum absolute atomic E-state index is 0.435. The van der Waals surface area contributed by atoms with E-state index in [2.05, 4.69) is 10.4 Å². The minimum Gasteiger partial charge on any atom is -0.373 e. The second-order valence-electron chi connectivity index (χ2n) is 4.60. The number of nitrogens with one attached hydrogen (secondary N) is 1. The van der Waals surface area contributed by atoms with E-state index >= 15 is 0 Å². The Labute approximate surface area is 97.0 Å². The molecule has 0 atom stereocenters. The molecule has 4 nitrogen and oxygen atoms in total. The van der Waals surface area contributed by atoms with Gasteiger partial charge in [-0.2, -0.15) is 5.10 Å². The Bertz CT molecular complexity index is 316. The molecule has 1 aromatic rings. The third-order valence-corrected chi connectivity index (χ3v) is 3.33. The molecule has 0 saturated heterocycles. The van der Waals surface area contributed by atoms with Crippen LogP contribution in [0, 0.1) is 0 Å². The van der Waals surface area contributed by atoms with Gasteiger partial charge in [-0.05, 0) is 32.7 Å². The lowest BCUT2D eigenvalue weighted by atomic mass is 9.93. The fraction of sp³-hybridized carbons (Fsp3) is 0.750. The molecule has 0 bridgehead atoms. The van der Waals surface area contributed by atoms with Crippen molar-refractivity contribution in [3.8, 4) is 0 Å². The van der Waals surface area contributed by atoms with E-state index in [0.717, 1.165) is 0 Å². The number of rotatable bonds is 4. The fourth-order valence-electron chi connectivity index (χ4n) is 2.28. The molecule has 2 rings (SSSR count). The molecule has 1 N–H and O–H groups in total. The van der Waals surface area contributed by atoms with E-state index < -0.39 is 0 Å². The topological polar surface area (TPSA) is 39.1 Å². The second kappa shape index (κ2) is 5.46. The highest BCUT2D eigenvalue weighted by molar-refractivity contribution is 5.01. The lowest BCUT2D eigenvalue weighted by Crippen LogP contribution is -2.32. The Morgan fingerprint density at radius 3 is 2.75 bits per heavy atom. The maximum atomic E-state index is 5.89. The van der Waals surface area contributed by atoms with E-state index in [0.29, 0.717) is 18.8 Å². The zero-order chi connectivity index (χ0) is 11.4. The number of nitrogens with zero attached hydrogens (tertiary/aromatic N) is 2. The zero-order valence-corrected chi connectivity index (χ0v) is 10.1. The molecule has 1 aromatic heterocycles. The van der Waals surface area contributed by atoms with E-state index in [1.165, 1.54) is 31.2 Å². The fourth-order valence-corrected chi connectivity index (χ4v) is 2.28. The van der Waals surface area contributed by atoms with Gasteiger partial charge in [0, 0.05) is 24.8 Å². The van der Waals surface area contributed by atoms with Crippen LogP contribution in [0.15, 0.2) is 12.4 Å². The minimum atomic E-state index is 0.435. The maximum Gasteiger partial charge on any atom is 0.0751 e. The second-order valence-corrected chi connectivity index (χ2v) is 4.60. The summed E-state index contributed by atoms with van der Waals surface area (Å²) >= 11 is 0. The Morgan fingerprint density at radius 1 is 1.44 bits per heavy atom. The SMILES string of the molecule is CNC1CCC(OCc2cnn(C)c2)CC1. The molecule has 1 aliphatic rings. The smallest absolute Gasteiger partial charge is 0.0751 e. The summed E-state index contributed by atoms with van der Waals surface area (Å²) in [5, 5.41) is 7.47. The van der Waals surface area contributed by atoms with Crippen LogP contribution in [0.4, 0.5) is 0 Å². The molecule has 1 fully saturated rings. The molecule has 0 unspecified atom stereocenters. The first-order valence-electron chi connectivity index (χ1n) is 6.04. The molecule has 0 aliphatic heterocycles. The number of aryl methyl sites for hydroxylation is 1. The number of hydrogen-bond donors (Lipinski definition) is 1. The van der Waals surface area contributed by atoms with Crippen LogP contribution in [0.5, 0.6) is 0 Å². The van der Waals surface area contributed by atoms with Gasteiger partial charge in [0.25, 0.3) is 0 Å². The highest BCUT2D eigenvalue weighted by Crippen LogP contribution is 2.21. The Hall–Kier alpha value is -0.870. The quantitative estimate of drug-likeness (QED) is 0.840. The van der Waals surface area contributed by atoms with E-state index in [9.17, 15) is 0 Å². The van der Waals surface area contributed by atoms with E-state index in [4.69, 9.17) is 4.74 Å². The van der Waals surface area contributed by atoms with Crippen molar-refractivity contribution in [3.63, 3.8) is 0 Å². The standard InChI is InChI=1S/C12H21N3O/c1-13-11-3-5-12(6-4-11)16-9-10-7-14-15(2)8-10/h7-8,11-13H,3-6,9H2,1-2H3. The molecule has 4 heteroatoms. The first-order valence-corrected chi connectivity index (χ1v) is 6.04. The third-order valence-electron chi connectivity index (χ3n) is 3.33. The summed E-state index contributed by atoms with van der Waals surface area (Å²) in [7, 11) is 3.98. The van der Waals surface area contributed by atoms with Gasteiger partial charge in [0.15, 0.2) is 0 Å². The van der Waals surface area contributed by atoms with Crippen molar-refractivity contribution in [2.24, 2.45) is 7.05 Å². The van der Waals surface area contributed by atoms with Gasteiger partial charge in [-0.3, -0.25) is 4.68 Å². The molecule has 0 amide bonds. The highest BCUT2D eigenvalue weighted by atomic mass is 16.5. The molecule has 0 aromatic carbocycles. The molecule has 1 aliphatic carbocycles. The lowest BCUT2D eigenvalue weighted by molar-refractivity contribution is 0.0118. The molecule has 0 spiro atoms. The van der Waals surface area contributed by atoms with Crippen molar-refractivity contribution >= 4 is 0 Å². The van der Waals surface area contributed by atoms with E-state index in [1.807, 2.05) is 31.2 Å². The molecule has 1 saturated carbocycles. The average molecular weight is 223 g/mol. The van der Waals surface area contributed by atoms with Crippen molar-refractivity contribution < 1.29 is 4.74 Å². The summed E-state index contributed by atoms with van der Waals surface area (Å²) in [6.45, 7) is 0.697. The van der Waals surface area contributed by atoms with E-state index in [-0.39, 0.29) is 0 Å². The monoisotopic (exact) mass is 223 g/mol. The van der Waals surface area contributed by atoms with Gasteiger partial charge in [0.05, 0.1) is 18.9 Å². The van der Waals surface area contributed by atoms with Crippen molar-refractivity contribution in [2.75, 3.05) is 7.05 Å². The first kappa shape index (κ1) is 11.6. The summed E-state index contributed by atoms with van der Waals surface area (Å²) in [6.07, 6.45) is 9.13. The summed E-state index contributed by atoms with van der Waals surface area (Å²) in [5.41, 5.74) is 1.17. The molecule has 16 heavy (non-hydrogen) atoms. The number of aromatic nitrogens is 2. The van der Waals surface area contributed by atoms with Crippen LogP contribution in [0.1, 0.15) is 31.2 Å². The lowest BCUT2D eigenvalue weighted by Gasteiger charge is -2.28. The van der Waals surface area contributed by atoms with Crippen LogP contribution in [0.25, 0.3) is 0 Å². The third kappa shape index (κ3) is 3.06. The predicted octanol–water partition coefficient (Wildman–Crippen LogP) is 1.47. The Balaban J connectivity index is 1.71. The molecule has 1 heterocycles. The maximum absolute atomic E-state index is 5.89. The highest BCUT2D eigenvalue weighted by Gasteiger charge is 2.20. The molecule has 90 valence electrons. The van der Waals surface area contributed by atoms with Gasteiger partial charge in [-0.15, -0.1) is 0 Å². The van der Waals surface area contributed by atoms with Gasteiger partial charge in [-0.1, -0.05) is 0 Å². The number of ether oxygens (including phenoxy) is 1. The van der Waals surface area contributed by atoms with Crippen LogP contribution >= 0.6 is 0 Å². The largest absolute Gasteiger partial charge is 0.373 e. The average Bonchev–Trinajstić information content (AvgIpc) is 2.73. The van der Waals surface area contributed by atoms with Crippen LogP contribution < -0.4 is 5.32 Å². The van der Waals surface area contributed by atoms with Gasteiger partial charge < -0.3 is 10.1 Å². The molecular formula is C12H21N3O. The summed E-state index contributed by atoms with van der Waals surface area (Å²) < 4.78 is 7.71. The summed E-state index contributed by atoms with van der Waals surface area (Å²) in [5.74, 6) is 0. The van der Waals surface area contributed by atoms with Crippen LogP contribution in [0.3, 0.4) is 0 Å². The summed E-state index contributed by atoms with van der Waals surface area (Å²) in [6, 6.07) is 0.693. The van der Waals surface area contributed by atoms with Crippen LogP contribution in [-0.2, 0) is 18.4 Å². The van der Waals surface area contributed by atoms with Gasteiger partial charge in [-0.25, -0.2) is 0 Å². The first-order chi connectivity index (χ1) is 7.78.